The zero-order valence-corrected chi connectivity index (χ0v) is 17.8. The number of cyclic esters (lactones) is 1. The highest BCUT2D eigenvalue weighted by atomic mass is 35.5. The van der Waals surface area contributed by atoms with Crippen LogP contribution in [0.25, 0.3) is 0 Å². The lowest BCUT2D eigenvalue weighted by Crippen LogP contribution is -3.00. The molecule has 2 aromatic carbocycles. The molecule has 164 valence electrons. The van der Waals surface area contributed by atoms with Crippen LogP contribution in [-0.4, -0.2) is 37.4 Å². The fourth-order valence-corrected chi connectivity index (χ4v) is 3.29. The SMILES string of the molecule is COc1ccc(O[C@H]2CCC[C@H]([NH3+])C(=O)O[C@@H](C)[C@@H]2Oc2ccc(F)cc2)cc1.[Cl-]. The summed E-state index contributed by atoms with van der Waals surface area (Å²) in [4.78, 5) is 12.3. The molecule has 1 saturated heterocycles. The third-order valence-corrected chi connectivity index (χ3v) is 4.94. The normalized spacial score (nSPS) is 24.3. The second-order valence-electron chi connectivity index (χ2n) is 7.14. The monoisotopic (exact) mass is 439 g/mol. The van der Waals surface area contributed by atoms with Crippen LogP contribution < -0.4 is 32.4 Å². The first-order chi connectivity index (χ1) is 14.0. The van der Waals surface area contributed by atoms with Crippen molar-refractivity contribution in [2.24, 2.45) is 0 Å². The van der Waals surface area contributed by atoms with Crippen molar-refractivity contribution in [2.45, 2.75) is 50.5 Å². The number of carbonyl (C=O) groups excluding carboxylic acids is 1. The average molecular weight is 440 g/mol. The van der Waals surface area contributed by atoms with Crippen molar-refractivity contribution >= 4 is 5.97 Å². The average Bonchev–Trinajstić information content (AvgIpc) is 2.76. The van der Waals surface area contributed by atoms with Crippen molar-refractivity contribution < 1.29 is 46.3 Å². The molecule has 8 heteroatoms. The van der Waals surface area contributed by atoms with Crippen LogP contribution in [0.5, 0.6) is 17.2 Å². The number of quaternary nitrogens is 1. The molecule has 1 aliphatic heterocycles. The molecule has 3 rings (SSSR count). The highest BCUT2D eigenvalue weighted by molar-refractivity contribution is 5.74. The molecule has 3 N–H and O–H groups in total. The molecular formula is C22H27ClFNO5. The molecule has 1 aliphatic rings. The highest BCUT2D eigenvalue weighted by Gasteiger charge is 2.36. The maximum Gasteiger partial charge on any atom is 0.365 e. The summed E-state index contributed by atoms with van der Waals surface area (Å²) in [6, 6.07) is 12.6. The van der Waals surface area contributed by atoms with E-state index < -0.39 is 18.2 Å². The molecule has 6 nitrogen and oxygen atoms in total. The van der Waals surface area contributed by atoms with Gasteiger partial charge in [0.1, 0.15) is 35.3 Å². The molecule has 0 unspecified atom stereocenters. The Hall–Kier alpha value is -2.51. The fraction of sp³-hybridized carbons (Fsp3) is 0.409. The van der Waals surface area contributed by atoms with Crippen molar-refractivity contribution in [2.75, 3.05) is 7.11 Å². The molecule has 0 amide bonds. The van der Waals surface area contributed by atoms with Gasteiger partial charge in [-0.25, -0.2) is 9.18 Å². The number of methoxy groups -OCH3 is 1. The Morgan fingerprint density at radius 1 is 0.967 bits per heavy atom. The van der Waals surface area contributed by atoms with Gasteiger partial charge in [0.25, 0.3) is 0 Å². The van der Waals surface area contributed by atoms with Crippen molar-refractivity contribution in [3.63, 3.8) is 0 Å². The van der Waals surface area contributed by atoms with Gasteiger partial charge in [0.05, 0.1) is 7.11 Å². The summed E-state index contributed by atoms with van der Waals surface area (Å²) >= 11 is 0. The van der Waals surface area contributed by atoms with E-state index in [0.29, 0.717) is 24.3 Å². The molecular weight excluding hydrogens is 413 g/mol. The molecule has 0 spiro atoms. The van der Waals surface area contributed by atoms with E-state index in [-0.39, 0.29) is 30.3 Å². The first kappa shape index (κ1) is 23.8. The molecule has 0 aliphatic carbocycles. The van der Waals surface area contributed by atoms with E-state index in [1.807, 2.05) is 24.3 Å². The number of ether oxygens (including phenoxy) is 4. The van der Waals surface area contributed by atoms with Crippen LogP contribution >= 0.6 is 0 Å². The number of rotatable bonds is 5. The van der Waals surface area contributed by atoms with Crippen LogP contribution in [0.3, 0.4) is 0 Å². The molecule has 1 fully saturated rings. The molecule has 4 atom stereocenters. The van der Waals surface area contributed by atoms with Crippen LogP contribution in [0, 0.1) is 5.82 Å². The van der Waals surface area contributed by atoms with Gasteiger partial charge < -0.3 is 37.1 Å². The van der Waals surface area contributed by atoms with Gasteiger partial charge in [0.15, 0.2) is 12.1 Å². The summed E-state index contributed by atoms with van der Waals surface area (Å²) in [5, 5.41) is 0. The minimum absolute atomic E-state index is 0. The van der Waals surface area contributed by atoms with Crippen LogP contribution in [0.1, 0.15) is 26.2 Å². The lowest BCUT2D eigenvalue weighted by Gasteiger charge is -2.31. The minimum atomic E-state index is -0.572. The van der Waals surface area contributed by atoms with E-state index in [1.165, 1.54) is 12.1 Å². The number of hydrogen-bond acceptors (Lipinski definition) is 5. The Bertz CT molecular complexity index is 802. The van der Waals surface area contributed by atoms with Gasteiger partial charge in [-0.05, 0) is 68.3 Å². The lowest BCUT2D eigenvalue weighted by atomic mass is 10.0. The third kappa shape index (κ3) is 6.24. The van der Waals surface area contributed by atoms with E-state index in [0.717, 1.165) is 12.2 Å². The van der Waals surface area contributed by atoms with Gasteiger partial charge in [-0.15, -0.1) is 0 Å². The maximum atomic E-state index is 13.3. The van der Waals surface area contributed by atoms with Crippen molar-refractivity contribution in [1.82, 2.24) is 0 Å². The topological polar surface area (TPSA) is 81.6 Å². The smallest absolute Gasteiger partial charge is 0.365 e. The van der Waals surface area contributed by atoms with Gasteiger partial charge in [-0.3, -0.25) is 0 Å². The van der Waals surface area contributed by atoms with Crippen molar-refractivity contribution in [1.29, 1.82) is 0 Å². The second kappa shape index (κ2) is 11.0. The largest absolute Gasteiger partial charge is 1.00 e. The third-order valence-electron chi connectivity index (χ3n) is 4.94. The van der Waals surface area contributed by atoms with Gasteiger partial charge >= 0.3 is 5.97 Å². The summed E-state index contributed by atoms with van der Waals surface area (Å²) in [6.45, 7) is 1.77. The predicted octanol–water partition coefficient (Wildman–Crippen LogP) is -0.241. The zero-order chi connectivity index (χ0) is 20.8. The number of hydrogen-bond donors (Lipinski definition) is 1. The number of benzene rings is 2. The lowest BCUT2D eigenvalue weighted by molar-refractivity contribution is -0.410. The van der Waals surface area contributed by atoms with Gasteiger partial charge in [-0.1, -0.05) is 0 Å². The van der Waals surface area contributed by atoms with E-state index in [9.17, 15) is 9.18 Å². The van der Waals surface area contributed by atoms with E-state index in [2.05, 4.69) is 5.73 Å². The Morgan fingerprint density at radius 3 is 2.17 bits per heavy atom. The second-order valence-corrected chi connectivity index (χ2v) is 7.14. The van der Waals surface area contributed by atoms with Crippen LogP contribution in [0.4, 0.5) is 4.39 Å². The predicted molar refractivity (Wildman–Crippen MR) is 104 cm³/mol. The standard InChI is InChI=1S/C22H26FNO5.ClH/c1-14-21(29-18-8-6-15(23)7-9-18)20(5-3-4-19(24)22(25)27-14)28-17-12-10-16(26-2)11-13-17;/h6-14,19-21H,3-5,24H2,1-2H3;1H/t14-,19-,20-,21-;/m0./s1. The zero-order valence-electron chi connectivity index (χ0n) is 17.1. The molecule has 0 bridgehead atoms. The Labute approximate surface area is 181 Å². The number of carbonyl (C=O) groups is 1. The van der Waals surface area contributed by atoms with Crippen molar-refractivity contribution in [3.8, 4) is 17.2 Å². The summed E-state index contributed by atoms with van der Waals surface area (Å²) in [5.41, 5.74) is 3.89. The molecule has 2 aromatic rings. The van der Waals surface area contributed by atoms with Gasteiger partial charge in [-0.2, -0.15) is 0 Å². The van der Waals surface area contributed by atoms with Crippen LogP contribution in [0.2, 0.25) is 0 Å². The highest BCUT2D eigenvalue weighted by Crippen LogP contribution is 2.26. The minimum Gasteiger partial charge on any atom is -1.00 e. The first-order valence-corrected chi connectivity index (χ1v) is 9.73. The fourth-order valence-electron chi connectivity index (χ4n) is 3.29. The Morgan fingerprint density at radius 2 is 1.53 bits per heavy atom. The molecule has 1 heterocycles. The quantitative estimate of drug-likeness (QED) is 0.650. The summed E-state index contributed by atoms with van der Waals surface area (Å²) in [7, 11) is 1.60. The van der Waals surface area contributed by atoms with Crippen molar-refractivity contribution in [3.05, 3.63) is 54.3 Å². The van der Waals surface area contributed by atoms with E-state index in [4.69, 9.17) is 18.9 Å². The molecule has 0 radical (unpaired) electrons. The molecule has 0 saturated carbocycles. The number of halogens is 2. The van der Waals surface area contributed by atoms with E-state index >= 15 is 0 Å². The number of esters is 1. The summed E-state index contributed by atoms with van der Waals surface area (Å²) in [6.07, 6.45) is 0.485. The van der Waals surface area contributed by atoms with Gasteiger partial charge in [0.2, 0.25) is 0 Å². The maximum absolute atomic E-state index is 13.3. The van der Waals surface area contributed by atoms with E-state index in [1.54, 1.807) is 26.2 Å². The van der Waals surface area contributed by atoms with Gasteiger partial charge in [0, 0.05) is 6.42 Å². The summed E-state index contributed by atoms with van der Waals surface area (Å²) in [5.74, 6) is 1.17. The summed E-state index contributed by atoms with van der Waals surface area (Å²) < 4.78 is 36.4. The molecule has 0 aromatic heterocycles. The van der Waals surface area contributed by atoms with Crippen LogP contribution in [-0.2, 0) is 9.53 Å². The first-order valence-electron chi connectivity index (χ1n) is 9.73. The molecule has 30 heavy (non-hydrogen) atoms. The Balaban J connectivity index is 0.00000320. The Kier molecular flexibility index (Phi) is 8.74. The van der Waals surface area contributed by atoms with Crippen LogP contribution in [0.15, 0.2) is 48.5 Å².